The maximum Gasteiger partial charge on any atom is 0.245 e. The van der Waals surface area contributed by atoms with Gasteiger partial charge in [0.25, 0.3) is 0 Å². The van der Waals surface area contributed by atoms with E-state index < -0.39 is 15.1 Å². The molecule has 5 nitrogen and oxygen atoms in total. The topological polar surface area (TPSA) is 74.7 Å². The number of carbonyl (C=O) groups is 1. The Hall–Kier alpha value is -1.56. The molecular weight excluding hydrogens is 242 g/mol. The second-order valence-electron chi connectivity index (χ2n) is 4.44. The third-order valence-corrected chi connectivity index (χ3v) is 5.44. The summed E-state index contributed by atoms with van der Waals surface area (Å²) in [5.41, 5.74) is 0.567. The number of nitrogens with zero attached hydrogens (tertiary/aromatic N) is 1. The number of benzene rings is 1. The number of phenolic OH excluding ortho intramolecular Hbond substituents is 1. The zero-order chi connectivity index (χ0) is 12.2. The van der Waals surface area contributed by atoms with Crippen LogP contribution in [0.3, 0.4) is 0 Å². The molecule has 0 radical (unpaired) electrons. The second kappa shape index (κ2) is 3.22. The molecule has 0 aliphatic carbocycles. The molecule has 0 aromatic heterocycles. The first-order chi connectivity index (χ1) is 7.99. The highest BCUT2D eigenvalue weighted by Gasteiger charge is 2.54. The van der Waals surface area contributed by atoms with Crippen molar-refractivity contribution in [2.24, 2.45) is 0 Å². The fourth-order valence-electron chi connectivity index (χ4n) is 2.60. The van der Waals surface area contributed by atoms with Gasteiger partial charge in [-0.3, -0.25) is 4.79 Å². The standard InChI is InChI=1S/C11H11NO4S/c13-9-3-1-2-7(4-9)12-8-5-10(11(12)14)17(15,16)6-8/h1-4,8,10,13H,5-6H2. The van der Waals surface area contributed by atoms with Crippen molar-refractivity contribution in [2.75, 3.05) is 10.7 Å². The molecule has 2 saturated heterocycles. The minimum Gasteiger partial charge on any atom is -0.508 e. The largest absolute Gasteiger partial charge is 0.508 e. The van der Waals surface area contributed by atoms with Crippen molar-refractivity contribution in [3.63, 3.8) is 0 Å². The first-order valence-corrected chi connectivity index (χ1v) is 7.04. The van der Waals surface area contributed by atoms with Crippen molar-refractivity contribution < 1.29 is 18.3 Å². The predicted molar refractivity (Wildman–Crippen MR) is 61.6 cm³/mol. The van der Waals surface area contributed by atoms with E-state index in [2.05, 4.69) is 0 Å². The van der Waals surface area contributed by atoms with Crippen LogP contribution in [0.5, 0.6) is 5.75 Å². The molecule has 2 heterocycles. The van der Waals surface area contributed by atoms with Crippen LogP contribution in [0.2, 0.25) is 0 Å². The van der Waals surface area contributed by atoms with Crippen molar-refractivity contribution in [3.05, 3.63) is 24.3 Å². The summed E-state index contributed by atoms with van der Waals surface area (Å²) in [5.74, 6) is -0.272. The van der Waals surface area contributed by atoms with Crippen LogP contribution < -0.4 is 4.90 Å². The summed E-state index contributed by atoms with van der Waals surface area (Å²) in [5, 5.41) is 8.50. The molecule has 1 amide bonds. The highest BCUT2D eigenvalue weighted by Crippen LogP contribution is 2.38. The number of hydrogen-bond donors (Lipinski definition) is 1. The van der Waals surface area contributed by atoms with Crippen LogP contribution in [-0.2, 0) is 14.6 Å². The van der Waals surface area contributed by atoms with Gasteiger partial charge >= 0.3 is 0 Å². The third-order valence-electron chi connectivity index (χ3n) is 3.33. The molecule has 1 aromatic rings. The number of sulfone groups is 1. The molecule has 2 atom stereocenters. The number of fused-ring (bicyclic) bond motifs is 2. The number of anilines is 1. The van der Waals surface area contributed by atoms with Gasteiger partial charge in [0.05, 0.1) is 11.8 Å². The Bertz CT molecular complexity index is 595. The average Bonchev–Trinajstić information content (AvgIpc) is 2.70. The number of rotatable bonds is 1. The Balaban J connectivity index is 2.01. The third kappa shape index (κ3) is 1.44. The molecule has 6 heteroatoms. The van der Waals surface area contributed by atoms with Gasteiger partial charge in [-0.25, -0.2) is 8.42 Å². The number of carbonyl (C=O) groups excluding carboxylic acids is 1. The molecule has 1 N–H and O–H groups in total. The van der Waals surface area contributed by atoms with Crippen LogP contribution in [0.4, 0.5) is 5.69 Å². The second-order valence-corrected chi connectivity index (χ2v) is 6.66. The minimum atomic E-state index is -3.24. The van der Waals surface area contributed by atoms with Crippen LogP contribution in [0, 0.1) is 0 Å². The molecule has 0 spiro atoms. The molecule has 0 saturated carbocycles. The highest BCUT2D eigenvalue weighted by atomic mass is 32.2. The molecule has 2 aliphatic rings. The summed E-state index contributed by atoms with van der Waals surface area (Å²) in [6.45, 7) is 0. The van der Waals surface area contributed by atoms with Gasteiger partial charge in [0.1, 0.15) is 11.0 Å². The summed E-state index contributed by atoms with van der Waals surface area (Å²) < 4.78 is 23.2. The van der Waals surface area contributed by atoms with Gasteiger partial charge < -0.3 is 10.0 Å². The molecular formula is C11H11NO4S. The van der Waals surface area contributed by atoms with Crippen molar-refractivity contribution >= 4 is 21.4 Å². The van der Waals surface area contributed by atoms with E-state index in [1.54, 1.807) is 12.1 Å². The maximum atomic E-state index is 12.0. The number of phenols is 1. The summed E-state index contributed by atoms with van der Waals surface area (Å²) in [4.78, 5) is 13.5. The maximum absolute atomic E-state index is 12.0. The monoisotopic (exact) mass is 253 g/mol. The van der Waals surface area contributed by atoms with E-state index in [0.717, 1.165) is 0 Å². The van der Waals surface area contributed by atoms with Gasteiger partial charge in [-0.05, 0) is 18.6 Å². The van der Waals surface area contributed by atoms with Gasteiger partial charge in [-0.15, -0.1) is 0 Å². The molecule has 2 aliphatic heterocycles. The zero-order valence-electron chi connectivity index (χ0n) is 8.91. The highest BCUT2D eigenvalue weighted by molar-refractivity contribution is 7.93. The fourth-order valence-corrected chi connectivity index (χ4v) is 4.59. The van der Waals surface area contributed by atoms with E-state index in [0.29, 0.717) is 12.1 Å². The van der Waals surface area contributed by atoms with Gasteiger partial charge in [0, 0.05) is 11.8 Å². The average molecular weight is 253 g/mol. The Morgan fingerprint density at radius 2 is 2.12 bits per heavy atom. The van der Waals surface area contributed by atoms with Gasteiger partial charge in [-0.2, -0.15) is 0 Å². The Labute approximate surface area is 98.6 Å². The van der Waals surface area contributed by atoms with E-state index in [1.165, 1.54) is 17.0 Å². The van der Waals surface area contributed by atoms with Crippen LogP contribution in [0.1, 0.15) is 6.42 Å². The molecule has 3 rings (SSSR count). The van der Waals surface area contributed by atoms with E-state index >= 15 is 0 Å². The quantitative estimate of drug-likeness (QED) is 0.781. The SMILES string of the molecule is O=C1C2CC(CS2(=O)=O)N1c1cccc(O)c1. The Morgan fingerprint density at radius 1 is 1.35 bits per heavy atom. The van der Waals surface area contributed by atoms with Crippen LogP contribution in [-0.4, -0.2) is 36.5 Å². The predicted octanol–water partition coefficient (Wildman–Crippen LogP) is 0.294. The Morgan fingerprint density at radius 3 is 2.71 bits per heavy atom. The molecule has 90 valence electrons. The van der Waals surface area contributed by atoms with Gasteiger partial charge in [-0.1, -0.05) is 6.07 Å². The van der Waals surface area contributed by atoms with Crippen molar-refractivity contribution in [1.82, 2.24) is 0 Å². The van der Waals surface area contributed by atoms with E-state index in [1.807, 2.05) is 0 Å². The van der Waals surface area contributed by atoms with Crippen LogP contribution in [0.15, 0.2) is 24.3 Å². The van der Waals surface area contributed by atoms with Crippen LogP contribution >= 0.6 is 0 Å². The van der Waals surface area contributed by atoms with Crippen molar-refractivity contribution in [2.45, 2.75) is 17.7 Å². The summed E-state index contributed by atoms with van der Waals surface area (Å²) >= 11 is 0. The lowest BCUT2D eigenvalue weighted by molar-refractivity contribution is -0.117. The molecule has 1 aromatic carbocycles. The fraction of sp³-hybridized carbons (Fsp3) is 0.364. The van der Waals surface area contributed by atoms with E-state index in [4.69, 9.17) is 0 Å². The van der Waals surface area contributed by atoms with E-state index in [9.17, 15) is 18.3 Å². The first-order valence-electron chi connectivity index (χ1n) is 5.33. The lowest BCUT2D eigenvalue weighted by atomic mass is 10.2. The van der Waals surface area contributed by atoms with Gasteiger partial charge in [0.15, 0.2) is 9.84 Å². The van der Waals surface area contributed by atoms with Gasteiger partial charge in [0.2, 0.25) is 5.91 Å². The Kier molecular flexibility index (Phi) is 2.01. The molecule has 2 unspecified atom stereocenters. The normalized spacial score (nSPS) is 29.9. The molecule has 2 bridgehead atoms. The molecule has 17 heavy (non-hydrogen) atoms. The number of amides is 1. The summed E-state index contributed by atoms with van der Waals surface area (Å²) in [6, 6.07) is 6.05. The zero-order valence-corrected chi connectivity index (χ0v) is 9.72. The smallest absolute Gasteiger partial charge is 0.245 e. The minimum absolute atomic E-state index is 0.0268. The summed E-state index contributed by atoms with van der Waals surface area (Å²) in [7, 11) is -3.24. The first kappa shape index (κ1) is 10.6. The van der Waals surface area contributed by atoms with Crippen molar-refractivity contribution in [1.29, 1.82) is 0 Å². The number of aromatic hydroxyl groups is 1. The number of hydrogen-bond acceptors (Lipinski definition) is 4. The summed E-state index contributed by atoms with van der Waals surface area (Å²) in [6.07, 6.45) is 0.372. The lowest BCUT2D eigenvalue weighted by Crippen LogP contribution is -2.45. The molecule has 2 fully saturated rings. The van der Waals surface area contributed by atoms with E-state index in [-0.39, 0.29) is 23.5 Å². The van der Waals surface area contributed by atoms with Crippen LogP contribution in [0.25, 0.3) is 0 Å². The lowest BCUT2D eigenvalue weighted by Gasteiger charge is -2.26. The van der Waals surface area contributed by atoms with Crippen molar-refractivity contribution in [3.8, 4) is 5.75 Å².